The first kappa shape index (κ1) is 17.9. The van der Waals surface area contributed by atoms with Crippen LogP contribution < -0.4 is 5.32 Å². The van der Waals surface area contributed by atoms with Gasteiger partial charge in [-0.1, -0.05) is 17.7 Å². The minimum atomic E-state index is -0.375. The van der Waals surface area contributed by atoms with Crippen LogP contribution in [0.25, 0.3) is 16.6 Å². The third kappa shape index (κ3) is 3.29. The molecular weight excluding hydrogens is 392 g/mol. The molecule has 0 spiro atoms. The smallest absolute Gasteiger partial charge is 0.275 e. The fourth-order valence-corrected chi connectivity index (χ4v) is 3.70. The largest absolute Gasteiger partial charge is 0.339 e. The number of H-pyrrole nitrogens is 2. The summed E-state index contributed by atoms with van der Waals surface area (Å²) in [5, 5.41) is 10.5. The summed E-state index contributed by atoms with van der Waals surface area (Å²) < 4.78 is 0. The molecule has 0 atom stereocenters. The Kier molecular flexibility index (Phi) is 4.16. The van der Waals surface area contributed by atoms with Crippen LogP contribution in [-0.4, -0.2) is 50.0 Å². The Balaban J connectivity index is 1.33. The quantitative estimate of drug-likeness (QED) is 0.614. The second-order valence-corrected chi connectivity index (χ2v) is 7.90. The van der Waals surface area contributed by atoms with Crippen LogP contribution in [0, 0.1) is 12.8 Å². The van der Waals surface area contributed by atoms with Crippen molar-refractivity contribution in [1.29, 1.82) is 0 Å². The number of carbonyl (C=O) groups is 2. The van der Waals surface area contributed by atoms with Crippen molar-refractivity contribution in [3.05, 3.63) is 46.5 Å². The van der Waals surface area contributed by atoms with Crippen LogP contribution in [0.1, 0.15) is 34.7 Å². The Bertz CT molecular complexity index is 1170. The Morgan fingerprint density at radius 2 is 2.14 bits per heavy atom. The van der Waals surface area contributed by atoms with E-state index in [0.29, 0.717) is 29.5 Å². The predicted molar refractivity (Wildman–Crippen MR) is 110 cm³/mol. The highest BCUT2D eigenvalue weighted by molar-refractivity contribution is 6.34. The highest BCUT2D eigenvalue weighted by Crippen LogP contribution is 2.33. The first-order chi connectivity index (χ1) is 14.0. The van der Waals surface area contributed by atoms with Crippen LogP contribution in [0.4, 0.5) is 5.69 Å². The first-order valence-corrected chi connectivity index (χ1v) is 9.86. The van der Waals surface area contributed by atoms with Crippen LogP contribution in [0.15, 0.2) is 24.4 Å². The molecule has 3 N–H and O–H groups in total. The van der Waals surface area contributed by atoms with Crippen molar-refractivity contribution in [3.8, 4) is 0 Å². The fourth-order valence-electron chi connectivity index (χ4n) is 3.53. The fraction of sp³-hybridized carbons (Fsp3) is 0.300. The molecule has 2 amide bonds. The van der Waals surface area contributed by atoms with Crippen LogP contribution in [0.5, 0.6) is 0 Å². The lowest BCUT2D eigenvalue weighted by atomic mass is 10.2. The van der Waals surface area contributed by atoms with E-state index in [4.69, 9.17) is 11.6 Å². The Labute approximate surface area is 171 Å². The van der Waals surface area contributed by atoms with E-state index in [-0.39, 0.29) is 23.4 Å². The summed E-state index contributed by atoms with van der Waals surface area (Å²) in [5.74, 6) is 0.105. The van der Waals surface area contributed by atoms with Gasteiger partial charge in [0.2, 0.25) is 5.91 Å². The van der Waals surface area contributed by atoms with Crippen LogP contribution in [0.3, 0.4) is 0 Å². The zero-order valence-corrected chi connectivity index (χ0v) is 16.5. The number of hydrogen-bond acceptors (Lipinski definition) is 4. The minimum Gasteiger partial charge on any atom is -0.339 e. The number of carbonyl (C=O) groups excluding carboxylic acids is 2. The van der Waals surface area contributed by atoms with Crippen molar-refractivity contribution in [2.45, 2.75) is 19.8 Å². The molecule has 8 nitrogen and oxygen atoms in total. The van der Waals surface area contributed by atoms with Gasteiger partial charge in [-0.25, -0.2) is 4.98 Å². The number of nitrogens with one attached hydrogen (secondary N) is 3. The normalized spacial score (nSPS) is 16.3. The molecule has 29 heavy (non-hydrogen) atoms. The van der Waals surface area contributed by atoms with E-state index in [1.54, 1.807) is 13.1 Å². The van der Waals surface area contributed by atoms with Gasteiger partial charge in [0.25, 0.3) is 5.91 Å². The number of fused-ring (bicyclic) bond motifs is 1. The maximum absolute atomic E-state index is 12.4. The molecule has 5 rings (SSSR count). The molecule has 3 aromatic heterocycles. The zero-order chi connectivity index (χ0) is 20.1. The van der Waals surface area contributed by atoms with Gasteiger partial charge in [0.1, 0.15) is 11.3 Å². The van der Waals surface area contributed by atoms with Gasteiger partial charge in [0, 0.05) is 30.1 Å². The summed E-state index contributed by atoms with van der Waals surface area (Å²) in [7, 11) is 0. The van der Waals surface area contributed by atoms with Crippen LogP contribution in [-0.2, 0) is 4.79 Å². The number of amides is 2. The summed E-state index contributed by atoms with van der Waals surface area (Å²) >= 11 is 6.09. The van der Waals surface area contributed by atoms with Crippen molar-refractivity contribution in [1.82, 2.24) is 25.1 Å². The highest BCUT2D eigenvalue weighted by atomic mass is 35.5. The van der Waals surface area contributed by atoms with Crippen LogP contribution in [0.2, 0.25) is 5.02 Å². The van der Waals surface area contributed by atoms with E-state index in [1.807, 2.05) is 17.0 Å². The number of rotatable bonds is 4. The number of pyridine rings is 1. The van der Waals surface area contributed by atoms with Crippen LogP contribution >= 0.6 is 11.6 Å². The van der Waals surface area contributed by atoms with Crippen molar-refractivity contribution in [3.63, 3.8) is 0 Å². The number of aromatic amines is 2. The summed E-state index contributed by atoms with van der Waals surface area (Å²) in [4.78, 5) is 34.3. The van der Waals surface area contributed by atoms with Crippen molar-refractivity contribution >= 4 is 45.7 Å². The van der Waals surface area contributed by atoms with Gasteiger partial charge >= 0.3 is 0 Å². The molecule has 0 radical (unpaired) electrons. The number of aromatic nitrogens is 4. The second-order valence-electron chi connectivity index (χ2n) is 7.52. The van der Waals surface area contributed by atoms with Crippen molar-refractivity contribution in [2.24, 2.45) is 5.92 Å². The lowest BCUT2D eigenvalue weighted by Crippen LogP contribution is -2.30. The third-order valence-electron chi connectivity index (χ3n) is 5.33. The van der Waals surface area contributed by atoms with Gasteiger partial charge in [-0.15, -0.1) is 0 Å². The molecule has 9 heteroatoms. The summed E-state index contributed by atoms with van der Waals surface area (Å²) in [6, 6.07) is 3.84. The number of hydrogen-bond donors (Lipinski definition) is 3. The molecule has 4 heterocycles. The second kappa shape index (κ2) is 6.73. The first-order valence-electron chi connectivity index (χ1n) is 9.48. The number of aryl methyl sites for hydroxylation is 1. The van der Waals surface area contributed by atoms with Gasteiger partial charge in [-0.05, 0) is 37.5 Å². The summed E-state index contributed by atoms with van der Waals surface area (Å²) in [6.07, 6.45) is 5.69. The monoisotopic (exact) mass is 410 g/mol. The summed E-state index contributed by atoms with van der Waals surface area (Å²) in [6.45, 7) is 2.99. The molecule has 1 fully saturated rings. The van der Waals surface area contributed by atoms with Crippen molar-refractivity contribution < 1.29 is 9.59 Å². The van der Waals surface area contributed by atoms with E-state index in [1.165, 1.54) is 0 Å². The molecule has 3 aromatic rings. The maximum Gasteiger partial charge on any atom is 0.275 e. The molecule has 1 saturated carbocycles. The third-order valence-corrected chi connectivity index (χ3v) is 5.79. The Morgan fingerprint density at radius 3 is 2.86 bits per heavy atom. The Hall–Kier alpha value is -3.13. The van der Waals surface area contributed by atoms with E-state index in [2.05, 4.69) is 31.6 Å². The molecule has 1 aliphatic heterocycles. The predicted octanol–water partition coefficient (Wildman–Crippen LogP) is 3.14. The van der Waals surface area contributed by atoms with Gasteiger partial charge in [-0.3, -0.25) is 14.7 Å². The molecule has 0 saturated heterocycles. The Morgan fingerprint density at radius 1 is 1.31 bits per heavy atom. The van der Waals surface area contributed by atoms with E-state index >= 15 is 0 Å². The molecule has 0 unspecified atom stereocenters. The van der Waals surface area contributed by atoms with E-state index in [0.717, 1.165) is 35.1 Å². The van der Waals surface area contributed by atoms with Gasteiger partial charge in [-0.2, -0.15) is 5.10 Å². The average Bonchev–Trinajstić information content (AvgIpc) is 3.13. The standard InChI is InChI=1S/C20H19ClN6O2/c1-10-16(21)17(26-25-10)19(28)23-14-6-13-7-15(24-18(13)22-8-14)12-4-5-27(9-12)20(29)11-2-3-11/h4,6-8,11H,2-3,5,9H2,1H3,(H,22,24)(H,23,28)(H,25,26). The SMILES string of the molecule is Cc1n[nH]c(C(=O)Nc2cnc3[nH]c(C4=CCN(C(=O)C5CC5)C4)cc3c2)c1Cl. The number of halogens is 1. The molecule has 0 aromatic carbocycles. The highest BCUT2D eigenvalue weighted by Gasteiger charge is 2.34. The topological polar surface area (TPSA) is 107 Å². The maximum atomic E-state index is 12.4. The lowest BCUT2D eigenvalue weighted by molar-refractivity contribution is -0.131. The average molecular weight is 411 g/mol. The molecule has 2 aliphatic rings. The molecule has 1 aliphatic carbocycles. The molecule has 0 bridgehead atoms. The lowest BCUT2D eigenvalue weighted by Gasteiger charge is -2.15. The van der Waals surface area contributed by atoms with Gasteiger partial charge in [0.15, 0.2) is 0 Å². The molecular formula is C20H19ClN6O2. The van der Waals surface area contributed by atoms with Crippen molar-refractivity contribution in [2.75, 3.05) is 18.4 Å². The van der Waals surface area contributed by atoms with Gasteiger partial charge in [0.05, 0.1) is 22.6 Å². The summed E-state index contributed by atoms with van der Waals surface area (Å²) in [5.41, 5.74) is 4.09. The van der Waals surface area contributed by atoms with E-state index in [9.17, 15) is 9.59 Å². The zero-order valence-electron chi connectivity index (χ0n) is 15.8. The van der Waals surface area contributed by atoms with Gasteiger partial charge < -0.3 is 15.2 Å². The minimum absolute atomic E-state index is 0.218. The number of nitrogens with zero attached hydrogens (tertiary/aromatic N) is 3. The number of anilines is 1. The molecule has 148 valence electrons. The van der Waals surface area contributed by atoms with E-state index < -0.39 is 0 Å².